The number of rotatable bonds is 1. The molecule has 0 amide bonds. The Hall–Kier alpha value is -1.15. The second kappa shape index (κ2) is 2.45. The first-order chi connectivity index (χ1) is 6.77. The van der Waals surface area contributed by atoms with E-state index in [1.807, 2.05) is 25.1 Å². The molecule has 2 unspecified atom stereocenters. The highest BCUT2D eigenvalue weighted by Crippen LogP contribution is 2.52. The third-order valence-electron chi connectivity index (χ3n) is 3.18. The van der Waals surface area contributed by atoms with Gasteiger partial charge in [-0.3, -0.25) is 0 Å². The van der Waals surface area contributed by atoms with Crippen LogP contribution in [-0.4, -0.2) is 0 Å². The van der Waals surface area contributed by atoms with E-state index in [9.17, 15) is 4.39 Å². The third-order valence-corrected chi connectivity index (χ3v) is 3.18. The van der Waals surface area contributed by atoms with Gasteiger partial charge in [-0.05, 0) is 24.1 Å². The van der Waals surface area contributed by atoms with E-state index in [0.717, 1.165) is 17.5 Å². The number of ether oxygens (including phenoxy) is 1. The number of hydrogen-bond acceptors (Lipinski definition) is 1. The lowest BCUT2D eigenvalue weighted by atomic mass is 9.85. The van der Waals surface area contributed by atoms with Crippen molar-refractivity contribution in [3.63, 3.8) is 0 Å². The average molecular weight is 190 g/mol. The molecule has 2 bridgehead atoms. The van der Waals surface area contributed by atoms with Gasteiger partial charge < -0.3 is 4.74 Å². The van der Waals surface area contributed by atoms with Crippen LogP contribution in [0.15, 0.2) is 30.4 Å². The maximum absolute atomic E-state index is 13.7. The van der Waals surface area contributed by atoms with E-state index in [-0.39, 0.29) is 11.9 Å². The van der Waals surface area contributed by atoms with E-state index in [0.29, 0.717) is 0 Å². The van der Waals surface area contributed by atoms with E-state index in [4.69, 9.17) is 4.74 Å². The lowest BCUT2D eigenvalue weighted by Gasteiger charge is -2.22. The van der Waals surface area contributed by atoms with Crippen LogP contribution in [0.5, 0.6) is 0 Å². The average Bonchev–Trinajstić information content (AvgIpc) is 2.75. The molecule has 2 aliphatic rings. The van der Waals surface area contributed by atoms with E-state index in [1.54, 1.807) is 6.07 Å². The molecular formula is C12H11FO. The molecule has 72 valence electrons. The first-order valence-electron chi connectivity index (χ1n) is 4.93. The Morgan fingerprint density at radius 2 is 2.36 bits per heavy atom. The van der Waals surface area contributed by atoms with Crippen molar-refractivity contribution in [3.05, 3.63) is 47.3 Å². The predicted molar refractivity (Wildman–Crippen MR) is 51.3 cm³/mol. The van der Waals surface area contributed by atoms with Gasteiger partial charge in [0.1, 0.15) is 17.5 Å². The Kier molecular flexibility index (Phi) is 1.43. The summed E-state index contributed by atoms with van der Waals surface area (Å²) >= 11 is 0. The molecule has 1 aromatic carbocycles. The summed E-state index contributed by atoms with van der Waals surface area (Å²) < 4.78 is 19.5. The van der Waals surface area contributed by atoms with Crippen molar-refractivity contribution >= 4 is 0 Å². The minimum absolute atomic E-state index is 0.0272. The summed E-state index contributed by atoms with van der Waals surface area (Å²) in [5.74, 6) is -0.142. The van der Waals surface area contributed by atoms with Crippen molar-refractivity contribution in [1.29, 1.82) is 0 Å². The number of hydrogen-bond donors (Lipinski definition) is 0. The molecule has 0 saturated carbocycles. The van der Waals surface area contributed by atoms with Gasteiger partial charge in [0.15, 0.2) is 0 Å². The maximum atomic E-state index is 13.7. The first kappa shape index (κ1) is 8.18. The molecule has 14 heavy (non-hydrogen) atoms. The highest BCUT2D eigenvalue weighted by Gasteiger charge is 2.47. The Balaban J connectivity index is 2.29. The van der Waals surface area contributed by atoms with Crippen molar-refractivity contribution in [1.82, 2.24) is 0 Å². The lowest BCUT2D eigenvalue weighted by Crippen LogP contribution is -2.20. The number of fused-ring (bicyclic) bond motifs is 5. The van der Waals surface area contributed by atoms with E-state index >= 15 is 0 Å². The lowest BCUT2D eigenvalue weighted by molar-refractivity contribution is -0.00669. The molecule has 0 aliphatic carbocycles. The monoisotopic (exact) mass is 190 g/mol. The molecule has 0 saturated heterocycles. The first-order valence-corrected chi connectivity index (χ1v) is 4.93. The van der Waals surface area contributed by atoms with Gasteiger partial charge in [-0.2, -0.15) is 0 Å². The van der Waals surface area contributed by atoms with Gasteiger partial charge in [0.05, 0.1) is 0 Å². The van der Waals surface area contributed by atoms with Crippen LogP contribution in [0, 0.1) is 5.82 Å². The molecule has 1 nitrogen and oxygen atoms in total. The summed E-state index contributed by atoms with van der Waals surface area (Å²) in [4.78, 5) is 0. The molecule has 0 N–H and O–H groups in total. The second-order valence-electron chi connectivity index (χ2n) is 3.84. The summed E-state index contributed by atoms with van der Waals surface area (Å²) in [7, 11) is 0. The standard InChI is InChI=1S/C12H11FO/c1-2-12-7-6-10(14-12)8-4-3-5-9(13)11(8)12/h3-7,10H,2H2,1H3. The van der Waals surface area contributed by atoms with Gasteiger partial charge in [0, 0.05) is 5.56 Å². The fraction of sp³-hybridized carbons (Fsp3) is 0.333. The van der Waals surface area contributed by atoms with E-state index < -0.39 is 5.60 Å². The van der Waals surface area contributed by atoms with Crippen LogP contribution < -0.4 is 0 Å². The van der Waals surface area contributed by atoms with Crippen LogP contribution >= 0.6 is 0 Å². The second-order valence-corrected chi connectivity index (χ2v) is 3.84. The zero-order chi connectivity index (χ0) is 9.76. The normalized spacial score (nSPS) is 32.3. The predicted octanol–water partition coefficient (Wildman–Crippen LogP) is 3.07. The van der Waals surface area contributed by atoms with Crippen LogP contribution in [0.25, 0.3) is 0 Å². The summed E-state index contributed by atoms with van der Waals surface area (Å²) in [5.41, 5.74) is 1.26. The molecule has 2 aliphatic heterocycles. The molecule has 2 atom stereocenters. The molecule has 0 aromatic heterocycles. The topological polar surface area (TPSA) is 9.23 Å². The Labute approximate surface area is 82.2 Å². The van der Waals surface area contributed by atoms with Crippen LogP contribution in [0.4, 0.5) is 4.39 Å². The zero-order valence-corrected chi connectivity index (χ0v) is 7.96. The van der Waals surface area contributed by atoms with Crippen molar-refractivity contribution in [2.45, 2.75) is 25.0 Å². The summed E-state index contributed by atoms with van der Waals surface area (Å²) in [6, 6.07) is 5.20. The SMILES string of the molecule is CCC12C=CC(O1)c1cccc(F)c12. The fourth-order valence-electron chi connectivity index (χ4n) is 2.46. The van der Waals surface area contributed by atoms with Gasteiger partial charge in [0.25, 0.3) is 0 Å². The van der Waals surface area contributed by atoms with Crippen molar-refractivity contribution in [2.24, 2.45) is 0 Å². The molecule has 0 fully saturated rings. The van der Waals surface area contributed by atoms with Gasteiger partial charge >= 0.3 is 0 Å². The minimum Gasteiger partial charge on any atom is -0.354 e. The largest absolute Gasteiger partial charge is 0.354 e. The van der Waals surface area contributed by atoms with Crippen molar-refractivity contribution < 1.29 is 9.13 Å². The molecule has 1 aromatic rings. The summed E-state index contributed by atoms with van der Waals surface area (Å²) in [5, 5.41) is 0. The highest BCUT2D eigenvalue weighted by molar-refractivity contribution is 5.47. The van der Waals surface area contributed by atoms with Gasteiger partial charge in [-0.1, -0.05) is 25.1 Å². The summed E-state index contributed by atoms with van der Waals surface area (Å²) in [6.07, 6.45) is 4.77. The van der Waals surface area contributed by atoms with Crippen molar-refractivity contribution in [2.75, 3.05) is 0 Å². The van der Waals surface area contributed by atoms with Gasteiger partial charge in [0.2, 0.25) is 0 Å². The number of halogens is 1. The summed E-state index contributed by atoms with van der Waals surface area (Å²) in [6.45, 7) is 2.02. The Bertz CT molecular complexity index is 424. The smallest absolute Gasteiger partial charge is 0.130 e. The Morgan fingerprint density at radius 3 is 3.14 bits per heavy atom. The maximum Gasteiger partial charge on any atom is 0.130 e. The molecular weight excluding hydrogens is 179 g/mol. The molecule has 0 spiro atoms. The van der Waals surface area contributed by atoms with Crippen LogP contribution in [0.3, 0.4) is 0 Å². The quantitative estimate of drug-likeness (QED) is 0.618. The molecule has 3 rings (SSSR count). The van der Waals surface area contributed by atoms with Gasteiger partial charge in [-0.15, -0.1) is 0 Å². The van der Waals surface area contributed by atoms with Gasteiger partial charge in [-0.25, -0.2) is 4.39 Å². The fourth-order valence-corrected chi connectivity index (χ4v) is 2.46. The van der Waals surface area contributed by atoms with E-state index in [1.165, 1.54) is 6.07 Å². The molecule has 2 heterocycles. The van der Waals surface area contributed by atoms with Crippen LogP contribution in [-0.2, 0) is 10.3 Å². The van der Waals surface area contributed by atoms with Crippen molar-refractivity contribution in [3.8, 4) is 0 Å². The minimum atomic E-state index is -0.481. The van der Waals surface area contributed by atoms with E-state index in [2.05, 4.69) is 0 Å². The molecule has 2 heteroatoms. The number of benzene rings is 1. The molecule has 0 radical (unpaired) electrons. The Morgan fingerprint density at radius 1 is 1.50 bits per heavy atom. The third kappa shape index (κ3) is 0.775. The highest BCUT2D eigenvalue weighted by atomic mass is 19.1. The van der Waals surface area contributed by atoms with Crippen LogP contribution in [0.1, 0.15) is 30.6 Å². The zero-order valence-electron chi connectivity index (χ0n) is 7.96. The van der Waals surface area contributed by atoms with Crippen LogP contribution in [0.2, 0.25) is 0 Å².